The zero-order valence-electron chi connectivity index (χ0n) is 10.9. The average Bonchev–Trinajstić information content (AvgIpc) is 2.57. The molecule has 2 rings (SSSR count). The molecule has 12 heteroatoms. The van der Waals surface area contributed by atoms with Crippen molar-refractivity contribution in [1.82, 2.24) is 0 Å². The molecule has 2 aromatic carbocycles. The van der Waals surface area contributed by atoms with Crippen LogP contribution >= 0.6 is 16.5 Å². The fourth-order valence-electron chi connectivity index (χ4n) is 1.62. The van der Waals surface area contributed by atoms with Gasteiger partial charge in [-0.1, -0.05) is 0 Å². The lowest BCUT2D eigenvalue weighted by molar-refractivity contribution is 0.384. The van der Waals surface area contributed by atoms with E-state index in [0.717, 1.165) is 0 Å². The Hall–Kier alpha value is -1.40. The van der Waals surface area contributed by atoms with Crippen LogP contribution in [0.25, 0.3) is 0 Å². The molecule has 0 aliphatic heterocycles. The summed E-state index contributed by atoms with van der Waals surface area (Å²) in [7, 11) is -3.43. The van der Waals surface area contributed by atoms with E-state index in [1.807, 2.05) is 0 Å². The molecule has 130 valence electrons. The van der Waals surface area contributed by atoms with Crippen molar-refractivity contribution in [1.29, 1.82) is 0 Å². The molecule has 0 radical (unpaired) electrons. The van der Waals surface area contributed by atoms with Gasteiger partial charge in [-0.3, -0.25) is 0 Å². The van der Waals surface area contributed by atoms with Crippen molar-refractivity contribution < 1.29 is 43.9 Å². The standard InChI is InChI=1S/C12H2F10P2/c13-1-3(15)7(19)11(8(20)4(1)16)23-24-12-9(21)5(17)2(14)6(18)10(12)22/h23-24H/p+1. The van der Waals surface area contributed by atoms with Crippen molar-refractivity contribution in [2.24, 2.45) is 0 Å². The first-order valence-corrected chi connectivity index (χ1v) is 9.10. The maximum absolute atomic E-state index is 13.4. The third kappa shape index (κ3) is 2.97. The van der Waals surface area contributed by atoms with Gasteiger partial charge >= 0.3 is 0 Å². The van der Waals surface area contributed by atoms with Crippen molar-refractivity contribution in [2.75, 3.05) is 0 Å². The van der Waals surface area contributed by atoms with Crippen LogP contribution in [0.2, 0.25) is 0 Å². The molecule has 0 spiro atoms. The van der Waals surface area contributed by atoms with Crippen LogP contribution in [-0.4, -0.2) is 0 Å². The third-order valence-corrected chi connectivity index (χ3v) is 6.65. The fourth-order valence-corrected chi connectivity index (χ4v) is 5.28. The van der Waals surface area contributed by atoms with E-state index in [-0.39, 0.29) is 0 Å². The molecule has 2 atom stereocenters. The zero-order valence-corrected chi connectivity index (χ0v) is 13.0. The molecule has 2 unspecified atom stereocenters. The molecule has 0 heterocycles. The minimum atomic E-state index is -2.43. The van der Waals surface area contributed by atoms with Crippen molar-refractivity contribution in [3.05, 3.63) is 58.2 Å². The van der Waals surface area contributed by atoms with E-state index < -0.39 is 85.3 Å². The van der Waals surface area contributed by atoms with Gasteiger partial charge in [0.1, 0.15) is 0 Å². The molecule has 0 bridgehead atoms. The Morgan fingerprint density at radius 1 is 0.417 bits per heavy atom. The SMILES string of the molecule is Fc1c(F)c(F)c(P[PH2+]c2c(F)c(F)c(F)c(F)c2F)c(F)c1F. The average molecular weight is 399 g/mol. The predicted molar refractivity (Wildman–Crippen MR) is 69.8 cm³/mol. The van der Waals surface area contributed by atoms with E-state index in [0.29, 0.717) is 0 Å². The van der Waals surface area contributed by atoms with E-state index in [1.54, 1.807) is 0 Å². The molecule has 0 aliphatic rings. The smallest absolute Gasteiger partial charge is 0.203 e. The lowest BCUT2D eigenvalue weighted by Gasteiger charge is -2.06. The van der Waals surface area contributed by atoms with E-state index in [1.165, 1.54) is 0 Å². The highest BCUT2D eigenvalue weighted by Crippen LogP contribution is 2.40. The molecule has 0 aliphatic carbocycles. The van der Waals surface area contributed by atoms with Crippen LogP contribution in [0.3, 0.4) is 0 Å². The second kappa shape index (κ2) is 6.84. The van der Waals surface area contributed by atoms with Gasteiger partial charge in [0.2, 0.25) is 34.9 Å². The van der Waals surface area contributed by atoms with Crippen LogP contribution in [-0.2, 0) is 0 Å². The van der Waals surface area contributed by atoms with Gasteiger partial charge in [-0.05, 0) is 0 Å². The minimum absolute atomic E-state index is 1.34. The monoisotopic (exact) mass is 399 g/mol. The van der Waals surface area contributed by atoms with Crippen molar-refractivity contribution >= 4 is 27.1 Å². The molecule has 0 saturated heterocycles. The summed E-state index contributed by atoms with van der Waals surface area (Å²) in [6.45, 7) is 0. The molecule has 0 amide bonds. The first kappa shape index (κ1) is 18.9. The summed E-state index contributed by atoms with van der Waals surface area (Å²) in [5.41, 5.74) is 0. The Bertz CT molecular complexity index is 708. The van der Waals surface area contributed by atoms with Crippen molar-refractivity contribution in [3.63, 3.8) is 0 Å². The summed E-state index contributed by atoms with van der Waals surface area (Å²) in [6.07, 6.45) is 0. The largest absolute Gasteiger partial charge is 0.206 e. The Kier molecular flexibility index (Phi) is 5.40. The first-order valence-electron chi connectivity index (χ1n) is 5.72. The van der Waals surface area contributed by atoms with E-state index in [4.69, 9.17) is 0 Å². The van der Waals surface area contributed by atoms with Gasteiger partial charge < -0.3 is 0 Å². The van der Waals surface area contributed by atoms with Crippen LogP contribution in [0.5, 0.6) is 0 Å². The van der Waals surface area contributed by atoms with Crippen LogP contribution < -0.4 is 10.6 Å². The summed E-state index contributed by atoms with van der Waals surface area (Å²) < 4.78 is 131. The highest BCUT2D eigenvalue weighted by Gasteiger charge is 2.32. The molecule has 0 nitrogen and oxygen atoms in total. The van der Waals surface area contributed by atoms with E-state index >= 15 is 0 Å². The van der Waals surface area contributed by atoms with Crippen molar-refractivity contribution in [3.8, 4) is 0 Å². The highest BCUT2D eigenvalue weighted by molar-refractivity contribution is 8.18. The molecule has 0 N–H and O–H groups in total. The zero-order chi connectivity index (χ0) is 18.3. The molecule has 0 saturated carbocycles. The number of hydrogen-bond donors (Lipinski definition) is 0. The summed E-state index contributed by atoms with van der Waals surface area (Å²) >= 11 is 0. The molecule has 0 aromatic heterocycles. The second-order valence-corrected chi connectivity index (χ2v) is 7.60. The van der Waals surface area contributed by atoms with Crippen LogP contribution in [0, 0.1) is 58.2 Å². The Balaban J connectivity index is 2.48. The summed E-state index contributed by atoms with van der Waals surface area (Å²) in [6, 6.07) is 0. The van der Waals surface area contributed by atoms with E-state index in [9.17, 15) is 43.9 Å². The molecular weight excluding hydrogens is 396 g/mol. The number of hydrogen-bond acceptors (Lipinski definition) is 0. The molecular formula is C12H3F10P2+. The Labute approximate surface area is 130 Å². The topological polar surface area (TPSA) is 0 Å². The third-order valence-electron chi connectivity index (χ3n) is 2.81. The van der Waals surface area contributed by atoms with Gasteiger partial charge in [-0.2, -0.15) is 8.78 Å². The summed E-state index contributed by atoms with van der Waals surface area (Å²) in [5, 5.41) is -2.71. The van der Waals surface area contributed by atoms with Gasteiger partial charge in [0.15, 0.2) is 28.6 Å². The van der Waals surface area contributed by atoms with Crippen LogP contribution in [0.4, 0.5) is 43.9 Å². The second-order valence-electron chi connectivity index (χ2n) is 4.22. The maximum Gasteiger partial charge on any atom is 0.206 e. The van der Waals surface area contributed by atoms with Gasteiger partial charge in [-0.25, -0.2) is 35.1 Å². The maximum atomic E-state index is 13.4. The van der Waals surface area contributed by atoms with Crippen LogP contribution in [0.15, 0.2) is 0 Å². The normalized spacial score (nSPS) is 12.2. The number of benzene rings is 2. The van der Waals surface area contributed by atoms with Gasteiger partial charge in [-0.15, -0.1) is 0 Å². The Morgan fingerprint density at radius 3 is 1.08 bits per heavy atom. The fraction of sp³-hybridized carbons (Fsp3) is 0. The molecule has 2 aromatic rings. The highest BCUT2D eigenvalue weighted by atomic mass is 32.0. The van der Waals surface area contributed by atoms with E-state index in [2.05, 4.69) is 0 Å². The quantitative estimate of drug-likeness (QED) is 0.317. The van der Waals surface area contributed by atoms with Crippen molar-refractivity contribution in [2.45, 2.75) is 0 Å². The van der Waals surface area contributed by atoms with Gasteiger partial charge in [0, 0.05) is 8.27 Å². The molecule has 0 fully saturated rings. The number of rotatable bonds is 3. The van der Waals surface area contributed by atoms with Crippen LogP contribution in [0.1, 0.15) is 0 Å². The molecule has 24 heavy (non-hydrogen) atoms. The summed E-state index contributed by atoms with van der Waals surface area (Å²) in [4.78, 5) is 0. The van der Waals surface area contributed by atoms with Gasteiger partial charge in [0.25, 0.3) is 0 Å². The first-order chi connectivity index (χ1) is 11.1. The summed E-state index contributed by atoms with van der Waals surface area (Å²) in [5.74, 6) is -22.8. The lowest BCUT2D eigenvalue weighted by Crippen LogP contribution is -2.18. The number of halogens is 10. The predicted octanol–water partition coefficient (Wildman–Crippen LogP) is 4.03. The van der Waals surface area contributed by atoms with Gasteiger partial charge in [0.05, 0.1) is 13.6 Å². The minimum Gasteiger partial charge on any atom is -0.203 e. The lowest BCUT2D eigenvalue weighted by atomic mass is 10.3. The Morgan fingerprint density at radius 2 is 0.708 bits per heavy atom.